The summed E-state index contributed by atoms with van der Waals surface area (Å²) in [6.07, 6.45) is 4.81. The molecule has 0 saturated heterocycles. The fourth-order valence-corrected chi connectivity index (χ4v) is 2.96. The molecule has 1 aromatic heterocycles. The van der Waals surface area contributed by atoms with Gasteiger partial charge in [0.2, 0.25) is 5.90 Å². The molecule has 1 aliphatic heterocycles. The van der Waals surface area contributed by atoms with Gasteiger partial charge in [-0.25, -0.2) is 9.79 Å². The first-order valence-corrected chi connectivity index (χ1v) is 9.17. The zero-order valence-electron chi connectivity index (χ0n) is 15.3. The Labute approximate surface area is 175 Å². The molecular formula is C22H13ClN2O5. The van der Waals surface area contributed by atoms with Crippen molar-refractivity contribution in [3.05, 3.63) is 98.9 Å². The Morgan fingerprint density at radius 2 is 1.83 bits per heavy atom. The van der Waals surface area contributed by atoms with Crippen LogP contribution in [0.1, 0.15) is 11.3 Å². The van der Waals surface area contributed by atoms with Gasteiger partial charge < -0.3 is 9.15 Å². The number of nitro benzene ring substituents is 1. The number of furan rings is 1. The average Bonchev–Trinajstić information content (AvgIpc) is 3.34. The number of rotatable bonds is 5. The Morgan fingerprint density at radius 3 is 2.60 bits per heavy atom. The van der Waals surface area contributed by atoms with Crippen LogP contribution in [0.2, 0.25) is 5.02 Å². The lowest BCUT2D eigenvalue weighted by Gasteiger charge is -2.00. The number of nitrogens with zero attached hydrogens (tertiary/aromatic N) is 2. The second kappa shape index (κ2) is 8.18. The van der Waals surface area contributed by atoms with E-state index in [-0.39, 0.29) is 17.3 Å². The summed E-state index contributed by atoms with van der Waals surface area (Å²) in [6, 6.07) is 16.8. The molecule has 0 spiro atoms. The third kappa shape index (κ3) is 4.21. The van der Waals surface area contributed by atoms with Crippen LogP contribution in [0.5, 0.6) is 0 Å². The normalized spacial score (nSPS) is 14.9. The molecule has 7 nitrogen and oxygen atoms in total. The van der Waals surface area contributed by atoms with Crippen LogP contribution in [-0.2, 0) is 9.53 Å². The summed E-state index contributed by atoms with van der Waals surface area (Å²) in [5.74, 6) is 0.226. The van der Waals surface area contributed by atoms with Crippen LogP contribution in [0.25, 0.3) is 23.5 Å². The van der Waals surface area contributed by atoms with Crippen LogP contribution in [0.4, 0.5) is 5.69 Å². The highest BCUT2D eigenvalue weighted by atomic mass is 35.5. The molecule has 0 amide bonds. The number of nitro groups is 1. The van der Waals surface area contributed by atoms with Crippen LogP contribution in [0.3, 0.4) is 0 Å². The van der Waals surface area contributed by atoms with Gasteiger partial charge in [0.1, 0.15) is 11.5 Å². The fourth-order valence-electron chi connectivity index (χ4n) is 2.75. The zero-order valence-corrected chi connectivity index (χ0v) is 16.1. The van der Waals surface area contributed by atoms with Crippen molar-refractivity contribution in [2.24, 2.45) is 4.99 Å². The van der Waals surface area contributed by atoms with Crippen LogP contribution in [0, 0.1) is 10.1 Å². The van der Waals surface area contributed by atoms with Gasteiger partial charge in [0.25, 0.3) is 5.69 Å². The minimum atomic E-state index is -0.603. The van der Waals surface area contributed by atoms with E-state index in [0.717, 1.165) is 5.56 Å². The summed E-state index contributed by atoms with van der Waals surface area (Å²) in [6.45, 7) is 0. The SMILES string of the molecule is O=C1OC(/C=C/c2ccccc2)=NC/1=C/c1ccc(-c2cc([N+](=O)[O-])ccc2Cl)o1. The Hall–Kier alpha value is -3.97. The number of esters is 1. The first-order valence-electron chi connectivity index (χ1n) is 8.79. The number of non-ortho nitro benzene ring substituents is 1. The lowest BCUT2D eigenvalue weighted by atomic mass is 10.1. The van der Waals surface area contributed by atoms with Crippen molar-refractivity contribution in [2.75, 3.05) is 0 Å². The highest BCUT2D eigenvalue weighted by Gasteiger charge is 2.22. The molecule has 2 aromatic carbocycles. The molecular weight excluding hydrogens is 408 g/mol. The van der Waals surface area contributed by atoms with E-state index in [1.807, 2.05) is 30.3 Å². The van der Waals surface area contributed by atoms with Crippen LogP contribution in [-0.4, -0.2) is 16.8 Å². The van der Waals surface area contributed by atoms with E-state index >= 15 is 0 Å². The van der Waals surface area contributed by atoms with Crippen molar-refractivity contribution in [1.29, 1.82) is 0 Å². The molecule has 0 saturated carbocycles. The number of hydrogen-bond acceptors (Lipinski definition) is 6. The lowest BCUT2D eigenvalue weighted by molar-refractivity contribution is -0.384. The van der Waals surface area contributed by atoms with E-state index in [4.69, 9.17) is 20.8 Å². The average molecular weight is 421 g/mol. The van der Waals surface area contributed by atoms with Crippen molar-refractivity contribution in [3.8, 4) is 11.3 Å². The number of cyclic esters (lactones) is 1. The summed E-state index contributed by atoms with van der Waals surface area (Å²) in [7, 11) is 0. The van der Waals surface area contributed by atoms with Crippen LogP contribution < -0.4 is 0 Å². The number of halogens is 1. The molecule has 0 atom stereocenters. The van der Waals surface area contributed by atoms with Gasteiger partial charge >= 0.3 is 5.97 Å². The van der Waals surface area contributed by atoms with E-state index < -0.39 is 10.9 Å². The van der Waals surface area contributed by atoms with Gasteiger partial charge in [0, 0.05) is 29.8 Å². The van der Waals surface area contributed by atoms with Crippen molar-refractivity contribution in [2.45, 2.75) is 0 Å². The molecule has 0 bridgehead atoms. The summed E-state index contributed by atoms with van der Waals surface area (Å²) in [5.41, 5.74) is 1.29. The highest BCUT2D eigenvalue weighted by Crippen LogP contribution is 2.33. The molecule has 1 aliphatic rings. The minimum Gasteiger partial charge on any atom is -0.457 e. The van der Waals surface area contributed by atoms with Gasteiger partial charge in [-0.3, -0.25) is 10.1 Å². The first kappa shape index (κ1) is 19.4. The van der Waals surface area contributed by atoms with Crippen molar-refractivity contribution in [3.63, 3.8) is 0 Å². The van der Waals surface area contributed by atoms with Gasteiger partial charge in [-0.15, -0.1) is 0 Å². The number of benzene rings is 2. The third-order valence-electron chi connectivity index (χ3n) is 4.19. The van der Waals surface area contributed by atoms with Gasteiger partial charge in [-0.2, -0.15) is 0 Å². The van der Waals surface area contributed by atoms with E-state index in [0.29, 0.717) is 22.1 Å². The summed E-state index contributed by atoms with van der Waals surface area (Å²) in [5, 5.41) is 11.3. The number of carbonyl (C=O) groups excluding carboxylic acids is 1. The second-order valence-electron chi connectivity index (χ2n) is 6.24. The Kier molecular flexibility index (Phi) is 5.28. The number of aliphatic imine (C=N–C) groups is 1. The van der Waals surface area contributed by atoms with E-state index in [1.54, 1.807) is 24.3 Å². The molecule has 0 N–H and O–H groups in total. The van der Waals surface area contributed by atoms with Crippen LogP contribution >= 0.6 is 11.6 Å². The largest absolute Gasteiger partial charge is 0.457 e. The monoisotopic (exact) mass is 420 g/mol. The standard InChI is InChI=1S/C22H13ClN2O5/c23-18-9-7-15(25(27)28)12-17(18)20-10-8-16(29-20)13-19-22(26)30-21(24-19)11-6-14-4-2-1-3-5-14/h1-13H/b11-6+,19-13+. The van der Waals surface area contributed by atoms with Crippen molar-refractivity contribution < 1.29 is 18.9 Å². The summed E-state index contributed by atoms with van der Waals surface area (Å²) >= 11 is 6.14. The third-order valence-corrected chi connectivity index (χ3v) is 4.52. The van der Waals surface area contributed by atoms with E-state index in [2.05, 4.69) is 4.99 Å². The Bertz CT molecular complexity index is 1230. The summed E-state index contributed by atoms with van der Waals surface area (Å²) in [4.78, 5) is 26.7. The van der Waals surface area contributed by atoms with Gasteiger partial charge in [-0.05, 0) is 29.8 Å². The smallest absolute Gasteiger partial charge is 0.363 e. The second-order valence-corrected chi connectivity index (χ2v) is 6.64. The predicted molar refractivity (Wildman–Crippen MR) is 113 cm³/mol. The Balaban J connectivity index is 1.57. The lowest BCUT2D eigenvalue weighted by Crippen LogP contribution is -2.00. The molecule has 3 aromatic rings. The maximum atomic E-state index is 12.1. The molecule has 0 radical (unpaired) electrons. The molecule has 2 heterocycles. The predicted octanol–water partition coefficient (Wildman–Crippen LogP) is 5.52. The number of ether oxygens (including phenoxy) is 1. The van der Waals surface area contributed by atoms with Crippen molar-refractivity contribution >= 4 is 41.3 Å². The number of hydrogen-bond donors (Lipinski definition) is 0. The van der Waals surface area contributed by atoms with E-state index in [9.17, 15) is 14.9 Å². The highest BCUT2D eigenvalue weighted by molar-refractivity contribution is 6.33. The molecule has 0 fully saturated rings. The molecule has 30 heavy (non-hydrogen) atoms. The minimum absolute atomic E-state index is 0.0775. The molecule has 148 valence electrons. The fraction of sp³-hybridized carbons (Fsp3) is 0. The maximum absolute atomic E-state index is 12.1. The zero-order chi connectivity index (χ0) is 21.1. The topological polar surface area (TPSA) is 94.9 Å². The Morgan fingerprint density at radius 1 is 1.03 bits per heavy atom. The quantitative estimate of drug-likeness (QED) is 0.234. The molecule has 0 unspecified atom stereocenters. The molecule has 0 aliphatic carbocycles. The molecule has 4 rings (SSSR count). The van der Waals surface area contributed by atoms with Gasteiger partial charge in [0.15, 0.2) is 5.70 Å². The van der Waals surface area contributed by atoms with Crippen LogP contribution in [0.15, 0.2) is 81.8 Å². The van der Waals surface area contributed by atoms with Gasteiger partial charge in [-0.1, -0.05) is 41.9 Å². The number of carbonyl (C=O) groups is 1. The van der Waals surface area contributed by atoms with Crippen molar-refractivity contribution in [1.82, 2.24) is 0 Å². The molecule has 8 heteroatoms. The van der Waals surface area contributed by atoms with Gasteiger partial charge in [0.05, 0.1) is 9.95 Å². The first-order chi connectivity index (χ1) is 14.5. The van der Waals surface area contributed by atoms with E-state index in [1.165, 1.54) is 24.3 Å². The summed E-state index contributed by atoms with van der Waals surface area (Å²) < 4.78 is 10.8. The maximum Gasteiger partial charge on any atom is 0.363 e.